The van der Waals surface area contributed by atoms with Gasteiger partial charge in [-0.3, -0.25) is 19.1 Å². The first-order valence-electron chi connectivity index (χ1n) is 20.0. The third-order valence-corrected chi connectivity index (χ3v) is 13.7. The van der Waals surface area contributed by atoms with Gasteiger partial charge in [0.05, 0.1) is 36.0 Å². The van der Waals surface area contributed by atoms with Gasteiger partial charge in [-0.05, 0) is 72.1 Å². The maximum absolute atomic E-state index is 15.0. The van der Waals surface area contributed by atoms with Crippen LogP contribution in [0.5, 0.6) is 11.6 Å². The van der Waals surface area contributed by atoms with Crippen molar-refractivity contribution < 1.29 is 68.4 Å². The SMILES string of the molecule is COC[C@@H]1C[C@H](C)CC/C=C\[C@@H]2C[C@@]2(C(=O)NS(=O)(=O)C2(C)CC2)NC(=O)[C@@H]2C[C@@H](Oc3nc4cc(OC)c(F)cc4nc3C(F)(F)F)CN2C(=O)[C@H]1NC(=O)OC(C)(C)C.[HH].[HH].[HH]. The molecule has 2 aliphatic carbocycles. The Labute approximate surface area is 355 Å². The number of carbonyl (C=O) groups is 4. The van der Waals surface area contributed by atoms with Crippen molar-refractivity contribution in [2.75, 3.05) is 27.4 Å². The molecule has 4 amide bonds. The second-order valence-corrected chi connectivity index (χ2v) is 19.9. The van der Waals surface area contributed by atoms with Crippen LogP contribution < -0.4 is 24.8 Å². The third kappa shape index (κ3) is 9.97. The van der Waals surface area contributed by atoms with Gasteiger partial charge in [0.25, 0.3) is 5.91 Å². The lowest BCUT2D eigenvalue weighted by atomic mass is 9.87. The van der Waals surface area contributed by atoms with E-state index < -0.39 is 122 Å². The minimum Gasteiger partial charge on any atom is -0.494 e. The largest absolute Gasteiger partial charge is 0.494 e. The number of ether oxygens (including phenoxy) is 4. The molecule has 3 heterocycles. The molecule has 342 valence electrons. The summed E-state index contributed by atoms with van der Waals surface area (Å²) >= 11 is 0. The number of aromatic nitrogens is 2. The quantitative estimate of drug-likeness (QED) is 0.217. The number of nitrogens with zero attached hydrogens (tertiary/aromatic N) is 3. The van der Waals surface area contributed by atoms with Gasteiger partial charge in [-0.15, -0.1) is 0 Å². The normalized spacial score (nSPS) is 28.6. The number of alkyl halides is 3. The molecule has 0 spiro atoms. The number of halogens is 4. The summed E-state index contributed by atoms with van der Waals surface area (Å²) in [6.45, 7) is 7.78. The lowest BCUT2D eigenvalue weighted by Crippen LogP contribution is -2.60. The Morgan fingerprint density at radius 3 is 2.39 bits per heavy atom. The highest BCUT2D eigenvalue weighted by molar-refractivity contribution is 7.91. The highest BCUT2D eigenvalue weighted by Gasteiger charge is 2.63. The van der Waals surface area contributed by atoms with E-state index in [4.69, 9.17) is 18.9 Å². The molecule has 0 bridgehead atoms. The van der Waals surface area contributed by atoms with Gasteiger partial charge < -0.3 is 34.5 Å². The van der Waals surface area contributed by atoms with Crippen LogP contribution in [0.4, 0.5) is 22.4 Å². The number of carbonyl (C=O) groups excluding carboxylic acids is 4. The number of hydrogen-bond acceptors (Lipinski definition) is 12. The minimum absolute atomic E-state index is 0. The second-order valence-electron chi connectivity index (χ2n) is 17.7. The van der Waals surface area contributed by atoms with Crippen LogP contribution in [-0.4, -0.2) is 109 Å². The Bertz CT molecular complexity index is 2210. The van der Waals surface area contributed by atoms with Crippen molar-refractivity contribution >= 4 is 44.9 Å². The Balaban J connectivity index is 0.00000363. The van der Waals surface area contributed by atoms with Crippen molar-refractivity contribution in [1.29, 1.82) is 0 Å². The van der Waals surface area contributed by atoms with Gasteiger partial charge in [0.1, 0.15) is 29.3 Å². The molecule has 6 rings (SSSR count). The van der Waals surface area contributed by atoms with Crippen LogP contribution in [0.2, 0.25) is 0 Å². The number of sulfonamides is 1. The lowest BCUT2D eigenvalue weighted by molar-refractivity contribution is -0.143. The monoisotopic (exact) mass is 890 g/mol. The number of amides is 4. The fourth-order valence-electron chi connectivity index (χ4n) is 7.85. The fraction of sp³-hybridized carbons (Fsp3) is 0.650. The Morgan fingerprint density at radius 2 is 1.77 bits per heavy atom. The molecule has 61 heavy (non-hydrogen) atoms. The molecular weight excluding hydrogens is 833 g/mol. The van der Waals surface area contributed by atoms with Gasteiger partial charge in [0.15, 0.2) is 11.6 Å². The molecule has 1 aromatic carbocycles. The molecule has 1 aromatic heterocycles. The molecule has 4 aliphatic rings. The molecule has 7 atom stereocenters. The van der Waals surface area contributed by atoms with Crippen LogP contribution in [0.3, 0.4) is 0 Å². The number of benzene rings is 1. The van der Waals surface area contributed by atoms with Crippen molar-refractivity contribution in [3.8, 4) is 11.6 Å². The molecule has 0 unspecified atom stereocenters. The van der Waals surface area contributed by atoms with Gasteiger partial charge in [-0.25, -0.2) is 27.6 Å². The first-order valence-corrected chi connectivity index (χ1v) is 21.5. The average molecular weight is 891 g/mol. The van der Waals surface area contributed by atoms with E-state index in [0.29, 0.717) is 32.1 Å². The first kappa shape index (κ1) is 45.7. The van der Waals surface area contributed by atoms with Gasteiger partial charge in [-0.2, -0.15) is 13.2 Å². The molecule has 1 saturated heterocycles. The second kappa shape index (κ2) is 16.8. The standard InChI is InChI=1S/C40H52F4N6O10S.3H2/c1-21-10-8-9-11-23-18-39(23,35(53)49-61(55,56)38(5)12-13-38)48-32(51)28-15-24(19-50(28)34(52)30(22(14-21)20-57-6)47-36(54)60-37(2,3)4)59-33-31(40(42,43)44)45-26-16-25(41)29(58-7)17-27(26)46-33;;;/h9,11,16-17,21-24,28,30H,8,10,12-15,18-20H2,1-7H3,(H,47,54)(H,48,51)(H,49,53);3*1H/b11-9-;;;/t21-,22+,23-,24-,28+,30+,39-;;;/m1.../s1. The van der Waals surface area contributed by atoms with Crippen LogP contribution in [0.1, 0.15) is 89.5 Å². The van der Waals surface area contributed by atoms with Gasteiger partial charge in [-0.1, -0.05) is 19.1 Å². The molecule has 16 nitrogen and oxygen atoms in total. The van der Waals surface area contributed by atoms with Crippen LogP contribution in [-0.2, 0) is 40.1 Å². The van der Waals surface area contributed by atoms with Crippen molar-refractivity contribution in [3.63, 3.8) is 0 Å². The number of nitrogens with one attached hydrogen (secondary N) is 3. The molecule has 2 aliphatic heterocycles. The smallest absolute Gasteiger partial charge is 0.438 e. The number of rotatable bonds is 9. The number of hydrogen-bond donors (Lipinski definition) is 3. The zero-order valence-electron chi connectivity index (χ0n) is 35.0. The van der Waals surface area contributed by atoms with Crippen molar-refractivity contribution in [2.45, 2.75) is 120 Å². The van der Waals surface area contributed by atoms with Gasteiger partial charge >= 0.3 is 12.3 Å². The van der Waals surface area contributed by atoms with E-state index in [2.05, 4.69) is 25.3 Å². The van der Waals surface area contributed by atoms with Gasteiger partial charge in [0, 0.05) is 41.8 Å². The van der Waals surface area contributed by atoms with Gasteiger partial charge in [0.2, 0.25) is 33.4 Å². The predicted octanol–water partition coefficient (Wildman–Crippen LogP) is 5.29. The fourth-order valence-corrected chi connectivity index (χ4v) is 9.16. The van der Waals surface area contributed by atoms with Crippen LogP contribution in [0, 0.1) is 23.6 Å². The molecule has 0 radical (unpaired) electrons. The van der Waals surface area contributed by atoms with Crippen molar-refractivity contribution in [2.24, 2.45) is 17.8 Å². The summed E-state index contributed by atoms with van der Waals surface area (Å²) in [6.07, 6.45) is -2.18. The Kier molecular flexibility index (Phi) is 12.6. The topological polar surface area (TPSA) is 204 Å². The van der Waals surface area contributed by atoms with Crippen molar-refractivity contribution in [3.05, 3.63) is 35.8 Å². The lowest BCUT2D eigenvalue weighted by Gasteiger charge is -2.34. The van der Waals surface area contributed by atoms with E-state index in [0.717, 1.165) is 24.1 Å². The summed E-state index contributed by atoms with van der Waals surface area (Å²) in [5.41, 5.74) is -4.99. The van der Waals surface area contributed by atoms with Crippen molar-refractivity contribution in [1.82, 2.24) is 30.2 Å². The maximum atomic E-state index is 15.0. The Hall–Kier alpha value is -4.79. The molecule has 3 N–H and O–H groups in total. The molecule has 2 aromatic rings. The minimum atomic E-state index is -5.15. The molecule has 21 heteroatoms. The third-order valence-electron chi connectivity index (χ3n) is 11.6. The van der Waals surface area contributed by atoms with Crippen LogP contribution in [0.15, 0.2) is 24.3 Å². The van der Waals surface area contributed by atoms with Crippen LogP contribution in [0.25, 0.3) is 11.0 Å². The Morgan fingerprint density at radius 1 is 1.08 bits per heavy atom. The summed E-state index contributed by atoms with van der Waals surface area (Å²) < 4.78 is 107. The highest BCUT2D eigenvalue weighted by Crippen LogP contribution is 2.48. The van der Waals surface area contributed by atoms with E-state index in [1.807, 2.05) is 13.0 Å². The summed E-state index contributed by atoms with van der Waals surface area (Å²) in [4.78, 5) is 65.5. The summed E-state index contributed by atoms with van der Waals surface area (Å²) in [7, 11) is -1.57. The summed E-state index contributed by atoms with van der Waals surface area (Å²) in [5, 5.41) is 5.36. The van der Waals surface area contributed by atoms with Crippen LogP contribution >= 0.6 is 0 Å². The molecule has 2 saturated carbocycles. The molecule has 3 fully saturated rings. The van der Waals surface area contributed by atoms with E-state index in [1.165, 1.54) is 14.0 Å². The van der Waals surface area contributed by atoms with E-state index >= 15 is 0 Å². The molecular formula is C40H58F4N6O10S. The maximum Gasteiger partial charge on any atom is 0.438 e. The first-order chi connectivity index (χ1) is 28.4. The number of fused-ring (bicyclic) bond motifs is 3. The van der Waals surface area contributed by atoms with E-state index in [-0.39, 0.29) is 34.5 Å². The number of alkyl carbamates (subject to hydrolysis) is 1. The zero-order valence-corrected chi connectivity index (χ0v) is 35.8. The highest BCUT2D eigenvalue weighted by atomic mass is 32.2. The number of allylic oxidation sites excluding steroid dienone is 1. The summed E-state index contributed by atoms with van der Waals surface area (Å²) in [5.74, 6) is -6.44. The van der Waals surface area contributed by atoms with E-state index in [9.17, 15) is 45.2 Å². The zero-order chi connectivity index (χ0) is 44.9. The summed E-state index contributed by atoms with van der Waals surface area (Å²) in [6, 6.07) is -1.15. The average Bonchev–Trinajstić information content (AvgIpc) is 4.03. The number of methoxy groups -OCH3 is 2. The van der Waals surface area contributed by atoms with E-state index in [1.54, 1.807) is 26.8 Å². The predicted molar refractivity (Wildman–Crippen MR) is 216 cm³/mol.